The van der Waals surface area contributed by atoms with Crippen molar-refractivity contribution >= 4 is 99.1 Å². The molecule has 8 amide bonds. The average molecular weight is 1390 g/mol. The first-order valence-electron chi connectivity index (χ1n) is 32.2. The summed E-state index contributed by atoms with van der Waals surface area (Å²) in [6.07, 6.45) is 0.819. The van der Waals surface area contributed by atoms with Crippen molar-refractivity contribution in [1.29, 1.82) is 0 Å². The first-order valence-corrected chi connectivity index (χ1v) is 41.6. The Bertz CT molecular complexity index is 2800. The third-order valence-corrected chi connectivity index (χ3v) is 19.9. The van der Waals surface area contributed by atoms with Gasteiger partial charge >= 0.3 is 35.8 Å². The highest BCUT2D eigenvalue weighted by Crippen LogP contribution is 2.26. The molecule has 0 aromatic carbocycles. The van der Waals surface area contributed by atoms with E-state index in [1.165, 1.54) is 47.8 Å². The molecule has 0 aliphatic carbocycles. The van der Waals surface area contributed by atoms with E-state index in [2.05, 4.69) is 81.8 Å². The van der Waals surface area contributed by atoms with Crippen LogP contribution in [0.1, 0.15) is 155 Å². The Morgan fingerprint density at radius 3 is 1.40 bits per heavy atom. The van der Waals surface area contributed by atoms with Crippen molar-refractivity contribution in [1.82, 2.24) is 47.4 Å². The normalized spacial score (nSPS) is 15.3. The molecule has 4 bridgehead atoms. The Hall–Kier alpha value is -6.55. The second kappa shape index (κ2) is 38.9. The van der Waals surface area contributed by atoms with Crippen molar-refractivity contribution in [2.24, 2.45) is 0 Å². The Morgan fingerprint density at radius 2 is 0.979 bits per heavy atom. The van der Waals surface area contributed by atoms with Crippen LogP contribution < -0.4 is 52.0 Å². The van der Waals surface area contributed by atoms with Crippen LogP contribution in [0.15, 0.2) is 34.3 Å². The van der Waals surface area contributed by atoms with Gasteiger partial charge in [-0.15, -0.1) is 0 Å². The SMILES string of the molecule is CC(C)(C)OC(=O)CC[C@H](NC(=O)N[C@@H](CCCCNC(=O)CCCC(=O)NCCN1CCNC(=O)c2ccc([n+]([O-])c2SCC[Si](C)(C)C)C(=O)NCCOCCNC(=O)c2ccc(c(SCC[Si](C)(C)C)[n+]2[O-])C(=O)NCC1)C(=O)OC(C)(C)C)C(=O)OC(C)(C)C. The van der Waals surface area contributed by atoms with Crippen molar-refractivity contribution in [3.8, 4) is 0 Å². The van der Waals surface area contributed by atoms with Crippen molar-refractivity contribution in [3.63, 3.8) is 0 Å². The molecule has 8 N–H and O–H groups in total. The predicted molar refractivity (Wildman–Crippen MR) is 365 cm³/mol. The first kappa shape index (κ1) is 81.7. The molecule has 0 fully saturated rings. The molecule has 6 rings (SSSR count). The van der Waals surface area contributed by atoms with E-state index in [9.17, 15) is 58.4 Å². The van der Waals surface area contributed by atoms with Gasteiger partial charge in [0, 0.05) is 118 Å². The number of amides is 8. The summed E-state index contributed by atoms with van der Waals surface area (Å²) in [5, 5.41) is 49.9. The number of carbonyl (C=O) groups is 10. The summed E-state index contributed by atoms with van der Waals surface area (Å²) in [7, 11) is -3.14. The van der Waals surface area contributed by atoms with Crippen LogP contribution in [0.5, 0.6) is 0 Å². The maximum atomic E-state index is 13.9. The minimum atomic E-state index is -1.57. The highest BCUT2D eigenvalue weighted by atomic mass is 32.2. The van der Waals surface area contributed by atoms with Gasteiger partial charge in [-0.2, -0.15) is 9.46 Å². The highest BCUT2D eigenvalue weighted by Gasteiger charge is 2.33. The molecule has 2 aromatic heterocycles. The van der Waals surface area contributed by atoms with Gasteiger partial charge in [0.05, 0.1) is 13.2 Å². The minimum absolute atomic E-state index is 0.0198. The molecule has 528 valence electrons. The summed E-state index contributed by atoms with van der Waals surface area (Å²) < 4.78 is 23.0. The zero-order valence-electron chi connectivity index (χ0n) is 57.9. The van der Waals surface area contributed by atoms with Crippen LogP contribution in [-0.4, -0.2) is 193 Å². The minimum Gasteiger partial charge on any atom is -0.617 e. The van der Waals surface area contributed by atoms with E-state index in [0.717, 1.165) is 12.1 Å². The smallest absolute Gasteiger partial charge is 0.329 e. The predicted octanol–water partition coefficient (Wildman–Crippen LogP) is 5.18. The number of hydrogen-bond donors (Lipinski definition) is 8. The second-order valence-corrected chi connectivity index (χ2v) is 41.6. The molecule has 0 radical (unpaired) electrons. The largest absolute Gasteiger partial charge is 0.617 e. The summed E-state index contributed by atoms with van der Waals surface area (Å²) in [6.45, 7) is 29.7. The van der Waals surface area contributed by atoms with Crippen LogP contribution in [0, 0.1) is 10.4 Å². The summed E-state index contributed by atoms with van der Waals surface area (Å²) in [5.41, 5.74) is -2.82. The van der Waals surface area contributed by atoms with Gasteiger partial charge in [-0.05, 0) is 119 Å². The van der Waals surface area contributed by atoms with Gasteiger partial charge in [0.15, 0.2) is 0 Å². The fourth-order valence-corrected chi connectivity index (χ4v) is 15.9. The summed E-state index contributed by atoms with van der Waals surface area (Å²) in [6, 6.07) is 3.90. The lowest BCUT2D eigenvalue weighted by molar-refractivity contribution is -0.647. The summed E-state index contributed by atoms with van der Waals surface area (Å²) in [4.78, 5) is 135. The summed E-state index contributed by atoms with van der Waals surface area (Å²) in [5.74, 6) is -4.05. The number of ether oxygens (including phenoxy) is 4. The number of urea groups is 1. The van der Waals surface area contributed by atoms with Gasteiger partial charge in [-0.3, -0.25) is 38.5 Å². The van der Waals surface area contributed by atoms with Crippen LogP contribution in [0.3, 0.4) is 0 Å². The van der Waals surface area contributed by atoms with Crippen molar-refractivity contribution in [2.45, 2.75) is 204 Å². The second-order valence-electron chi connectivity index (χ2n) is 28.2. The standard InChI is InChI=1S/C63H105N11O16S2Si2/c1-61(2,3)88-51(77)27-24-46(59(83)90-63(7,8)9)71-60(84)70-45(58(82)89-62(4,5)6)19-16-17-28-64-49(75)20-18-21-50(76)65-29-34-72-35-30-66-52(78)43-22-25-47(73(85)56(43)91-39-41-93(10,11)12)54(80)68-32-37-87-38-33-69-55(81)48-26-23-44(53(79)67-31-36-72)57(74(48)86)92-40-42-94(13,14)15/h22-23,25-26,45-46H,16-21,24,27-42H2,1-15H3,(H,64,75)(H,65,76)(H,66,78)(H,67,79)(H,68,80)(H,69,81)(H2,70,71,84)/t45-,46-/m0/s1. The van der Waals surface area contributed by atoms with E-state index in [0.29, 0.717) is 33.8 Å². The molecular weight excluding hydrogens is 1290 g/mol. The zero-order chi connectivity index (χ0) is 70.6. The fourth-order valence-electron chi connectivity index (χ4n) is 8.74. The molecule has 2 atom stereocenters. The lowest BCUT2D eigenvalue weighted by Gasteiger charge is -2.27. The number of unbranched alkanes of at least 4 members (excludes halogenated alkanes) is 1. The van der Waals surface area contributed by atoms with E-state index in [4.69, 9.17) is 18.9 Å². The third-order valence-electron chi connectivity index (χ3n) is 13.6. The third kappa shape index (κ3) is 33.2. The Kier molecular flexibility index (Phi) is 33.8. The van der Waals surface area contributed by atoms with E-state index >= 15 is 0 Å². The molecular formula is C63H105N11O16S2Si2. The van der Waals surface area contributed by atoms with Gasteiger partial charge in [-0.1, -0.05) is 62.8 Å². The van der Waals surface area contributed by atoms with E-state index in [1.54, 1.807) is 62.3 Å². The van der Waals surface area contributed by atoms with Gasteiger partial charge in [0.25, 0.3) is 33.3 Å². The topological polar surface area (TPSA) is 361 Å². The van der Waals surface area contributed by atoms with Gasteiger partial charge in [0.2, 0.25) is 11.8 Å². The summed E-state index contributed by atoms with van der Waals surface area (Å²) >= 11 is 2.41. The number of carbonyl (C=O) groups excluding carboxylic acids is 10. The van der Waals surface area contributed by atoms with Crippen LogP contribution in [-0.2, 0) is 42.9 Å². The van der Waals surface area contributed by atoms with Gasteiger partial charge < -0.3 is 71.9 Å². The monoisotopic (exact) mass is 1390 g/mol. The fraction of sp³-hybridized carbons (Fsp3) is 0.683. The van der Waals surface area contributed by atoms with E-state index in [1.807, 2.05) is 4.90 Å². The number of rotatable bonds is 27. The number of pyridine rings is 2. The molecule has 0 unspecified atom stereocenters. The highest BCUT2D eigenvalue weighted by molar-refractivity contribution is 7.99. The first-order chi connectivity index (χ1) is 43.7. The van der Waals surface area contributed by atoms with Crippen molar-refractivity contribution in [2.75, 3.05) is 83.6 Å². The van der Waals surface area contributed by atoms with Crippen LogP contribution >= 0.6 is 23.5 Å². The van der Waals surface area contributed by atoms with Crippen molar-refractivity contribution in [3.05, 3.63) is 57.2 Å². The van der Waals surface area contributed by atoms with E-state index < -0.39 is 92.6 Å². The van der Waals surface area contributed by atoms with Gasteiger partial charge in [-0.25, -0.2) is 14.4 Å². The molecule has 0 saturated carbocycles. The molecule has 0 spiro atoms. The van der Waals surface area contributed by atoms with Crippen LogP contribution in [0.4, 0.5) is 4.79 Å². The molecule has 31 heteroatoms. The average Bonchev–Trinajstić information content (AvgIpc) is 0.815. The lowest BCUT2D eigenvalue weighted by atomic mass is 10.1. The van der Waals surface area contributed by atoms with E-state index in [-0.39, 0.29) is 155 Å². The number of esters is 3. The lowest BCUT2D eigenvalue weighted by Crippen LogP contribution is -2.53. The Morgan fingerprint density at radius 1 is 0.564 bits per heavy atom. The van der Waals surface area contributed by atoms with Crippen LogP contribution in [0.2, 0.25) is 51.4 Å². The molecule has 4 aliphatic heterocycles. The maximum absolute atomic E-state index is 13.9. The molecule has 0 saturated heterocycles. The number of nitrogens with one attached hydrogen (secondary N) is 8. The Labute approximate surface area is 564 Å². The number of thioether (sulfide) groups is 2. The van der Waals surface area contributed by atoms with Gasteiger partial charge in [0.1, 0.15) is 40.0 Å². The number of nitrogens with zero attached hydrogens (tertiary/aromatic N) is 3. The van der Waals surface area contributed by atoms with Crippen molar-refractivity contribution < 1.29 is 76.4 Å². The van der Waals surface area contributed by atoms with Crippen LogP contribution in [0.25, 0.3) is 0 Å². The number of hydrogen-bond acceptors (Lipinski definition) is 19. The molecule has 4 aliphatic rings. The maximum Gasteiger partial charge on any atom is 0.329 e. The molecule has 6 heterocycles. The quantitative estimate of drug-likeness (QED) is 0.0109. The molecule has 94 heavy (non-hydrogen) atoms. The molecule has 27 nitrogen and oxygen atoms in total. The zero-order valence-corrected chi connectivity index (χ0v) is 61.6. The molecule has 2 aromatic rings. The Balaban J connectivity index is 1.70. The number of aromatic nitrogens is 2.